The highest BCUT2D eigenvalue weighted by Gasteiger charge is 2.31. The van der Waals surface area contributed by atoms with Gasteiger partial charge in [-0.2, -0.15) is 0 Å². The molecule has 0 aliphatic rings. The van der Waals surface area contributed by atoms with Gasteiger partial charge in [-0.05, 0) is 36.8 Å². The summed E-state index contributed by atoms with van der Waals surface area (Å²) in [7, 11) is 0. The highest BCUT2D eigenvalue weighted by atomic mass is 19.4. The summed E-state index contributed by atoms with van der Waals surface area (Å²) in [4.78, 5) is 25.3. The van der Waals surface area contributed by atoms with E-state index < -0.39 is 47.7 Å². The van der Waals surface area contributed by atoms with Gasteiger partial charge in [0.25, 0.3) is 5.91 Å². The number of alkyl halides is 3. The molecule has 0 saturated carbocycles. The predicted molar refractivity (Wildman–Crippen MR) is 105 cm³/mol. The van der Waals surface area contributed by atoms with E-state index in [0.717, 1.165) is 34.9 Å². The molecule has 12 heteroatoms. The van der Waals surface area contributed by atoms with Crippen molar-refractivity contribution in [3.8, 4) is 11.5 Å². The Labute approximate surface area is 183 Å². The van der Waals surface area contributed by atoms with Gasteiger partial charge in [0.2, 0.25) is 5.91 Å². The molecule has 0 aliphatic carbocycles. The molecule has 3 aromatic rings. The van der Waals surface area contributed by atoms with Crippen LogP contribution in [0.5, 0.6) is 11.5 Å². The van der Waals surface area contributed by atoms with Gasteiger partial charge in [-0.15, -0.1) is 13.2 Å². The first-order valence-corrected chi connectivity index (χ1v) is 9.43. The Morgan fingerprint density at radius 2 is 1.79 bits per heavy atom. The minimum absolute atomic E-state index is 0.0152. The number of hydrogen-bond acceptors (Lipinski definition) is 5. The summed E-state index contributed by atoms with van der Waals surface area (Å²) < 4.78 is 70.6. The smallest absolute Gasteiger partial charge is 0.503 e. The monoisotopic (exact) mass is 472 g/mol. The summed E-state index contributed by atoms with van der Waals surface area (Å²) in [6.45, 7) is 0.936. The number of fused-ring (bicyclic) bond motifs is 1. The number of nitrogens with one attached hydrogen (secondary N) is 1. The molecule has 0 radical (unpaired) electrons. The molecule has 0 spiro atoms. The van der Waals surface area contributed by atoms with Crippen LogP contribution in [0.3, 0.4) is 0 Å². The van der Waals surface area contributed by atoms with Crippen molar-refractivity contribution in [3.05, 3.63) is 58.8 Å². The lowest BCUT2D eigenvalue weighted by molar-refractivity contribution is -0.274. The Morgan fingerprint density at radius 3 is 2.36 bits per heavy atom. The number of aliphatic hydroxyl groups is 1. The van der Waals surface area contributed by atoms with E-state index >= 15 is 0 Å². The number of hydrogen-bond donors (Lipinski definition) is 3. The second-order valence-electron chi connectivity index (χ2n) is 6.94. The van der Waals surface area contributed by atoms with Crippen molar-refractivity contribution >= 4 is 22.7 Å². The maximum Gasteiger partial charge on any atom is 0.573 e. The zero-order chi connectivity index (χ0) is 24.5. The molecule has 0 unspecified atom stereocenters. The van der Waals surface area contributed by atoms with Crippen LogP contribution in [0.1, 0.15) is 21.6 Å². The van der Waals surface area contributed by atoms with Gasteiger partial charge in [0.15, 0.2) is 17.4 Å². The Bertz CT molecular complexity index is 1220. The molecular formula is C21H17F5N2O5. The number of aromatic nitrogens is 1. The number of amides is 1. The largest absolute Gasteiger partial charge is 0.573 e. The second kappa shape index (κ2) is 9.06. The zero-order valence-corrected chi connectivity index (χ0v) is 17.0. The standard InChI is InChI=1S/C21H17F5N2O5/c1-10-13(8-16(30)27-6-7-29)17-15(9-14(22)19(31)18(17)23)28(10)20(32)11-2-4-12(5-3-11)33-21(24,25)26/h2-5,9,29,31H,6-8H2,1H3,(H,27,30). The molecule has 33 heavy (non-hydrogen) atoms. The number of aromatic hydroxyl groups is 1. The van der Waals surface area contributed by atoms with Gasteiger partial charge in [-0.1, -0.05) is 0 Å². The molecular weight excluding hydrogens is 455 g/mol. The molecule has 0 saturated heterocycles. The third-order valence-electron chi connectivity index (χ3n) is 4.80. The molecule has 1 amide bonds. The average Bonchev–Trinajstić information content (AvgIpc) is 3.00. The fourth-order valence-electron chi connectivity index (χ4n) is 3.38. The number of benzene rings is 2. The molecule has 2 aromatic carbocycles. The summed E-state index contributed by atoms with van der Waals surface area (Å²) in [6, 6.07) is 4.59. The van der Waals surface area contributed by atoms with Crippen LogP contribution in [-0.4, -0.2) is 46.1 Å². The van der Waals surface area contributed by atoms with E-state index in [1.165, 1.54) is 6.92 Å². The van der Waals surface area contributed by atoms with Gasteiger partial charge in [0, 0.05) is 29.3 Å². The first kappa shape index (κ1) is 24.0. The SMILES string of the molecule is Cc1c(CC(=O)NCCO)c2c(F)c(O)c(F)cc2n1C(=O)c1ccc(OC(F)(F)F)cc1. The van der Waals surface area contributed by atoms with Crippen LogP contribution >= 0.6 is 0 Å². The molecule has 176 valence electrons. The lowest BCUT2D eigenvalue weighted by Crippen LogP contribution is -2.28. The first-order chi connectivity index (χ1) is 15.4. The number of aliphatic hydroxyl groups excluding tert-OH is 1. The molecule has 0 atom stereocenters. The van der Waals surface area contributed by atoms with Gasteiger partial charge < -0.3 is 20.3 Å². The normalized spacial score (nSPS) is 11.6. The maximum absolute atomic E-state index is 14.8. The molecule has 0 fully saturated rings. The van der Waals surface area contributed by atoms with E-state index in [1.807, 2.05) is 0 Å². The number of ether oxygens (including phenoxy) is 1. The number of carbonyl (C=O) groups is 2. The van der Waals surface area contributed by atoms with Crippen molar-refractivity contribution in [1.82, 2.24) is 9.88 Å². The number of phenols is 1. The summed E-state index contributed by atoms with van der Waals surface area (Å²) in [5.74, 6) is -6.07. The summed E-state index contributed by atoms with van der Waals surface area (Å²) in [5, 5.41) is 20.5. The van der Waals surface area contributed by atoms with Crippen molar-refractivity contribution in [1.29, 1.82) is 0 Å². The van der Waals surface area contributed by atoms with E-state index in [-0.39, 0.29) is 40.9 Å². The highest BCUT2D eigenvalue weighted by Crippen LogP contribution is 2.35. The number of phenolic OH excluding ortho intramolecular Hbond substituents is 1. The lowest BCUT2D eigenvalue weighted by atomic mass is 10.1. The van der Waals surface area contributed by atoms with Crippen molar-refractivity contribution in [2.45, 2.75) is 19.7 Å². The second-order valence-corrected chi connectivity index (χ2v) is 6.94. The Hall–Kier alpha value is -3.67. The van der Waals surface area contributed by atoms with E-state index in [1.54, 1.807) is 0 Å². The van der Waals surface area contributed by atoms with E-state index in [2.05, 4.69) is 10.1 Å². The van der Waals surface area contributed by atoms with Crippen molar-refractivity contribution in [2.24, 2.45) is 0 Å². The fourth-order valence-corrected chi connectivity index (χ4v) is 3.38. The van der Waals surface area contributed by atoms with Crippen LogP contribution in [0.15, 0.2) is 30.3 Å². The molecule has 7 nitrogen and oxygen atoms in total. The van der Waals surface area contributed by atoms with E-state index in [0.29, 0.717) is 0 Å². The molecule has 3 rings (SSSR count). The summed E-state index contributed by atoms with van der Waals surface area (Å²) in [6.07, 6.45) is -5.38. The molecule has 0 aliphatic heterocycles. The third-order valence-corrected chi connectivity index (χ3v) is 4.80. The predicted octanol–water partition coefficient (Wildman–Crippen LogP) is 3.17. The number of nitrogens with zero attached hydrogens (tertiary/aromatic N) is 1. The number of halogens is 5. The zero-order valence-electron chi connectivity index (χ0n) is 17.0. The Morgan fingerprint density at radius 1 is 1.15 bits per heavy atom. The Kier molecular flexibility index (Phi) is 6.58. The topological polar surface area (TPSA) is 101 Å². The van der Waals surface area contributed by atoms with Crippen molar-refractivity contribution in [3.63, 3.8) is 0 Å². The van der Waals surface area contributed by atoms with Gasteiger partial charge in [-0.25, -0.2) is 8.78 Å². The van der Waals surface area contributed by atoms with Crippen molar-refractivity contribution in [2.75, 3.05) is 13.2 Å². The third kappa shape index (κ3) is 4.90. The minimum atomic E-state index is -4.93. The van der Waals surface area contributed by atoms with Gasteiger partial charge in [0.05, 0.1) is 18.5 Å². The Balaban J connectivity index is 2.11. The fraction of sp³-hybridized carbons (Fsp3) is 0.238. The molecule has 1 aromatic heterocycles. The van der Waals surface area contributed by atoms with Crippen LogP contribution < -0.4 is 10.1 Å². The van der Waals surface area contributed by atoms with E-state index in [4.69, 9.17) is 5.11 Å². The average molecular weight is 472 g/mol. The highest BCUT2D eigenvalue weighted by molar-refractivity contribution is 6.05. The summed E-state index contributed by atoms with van der Waals surface area (Å²) in [5.41, 5.74) is -0.382. The minimum Gasteiger partial charge on any atom is -0.503 e. The summed E-state index contributed by atoms with van der Waals surface area (Å²) >= 11 is 0. The lowest BCUT2D eigenvalue weighted by Gasteiger charge is -2.11. The molecule has 0 bridgehead atoms. The van der Waals surface area contributed by atoms with Crippen molar-refractivity contribution < 1.29 is 46.5 Å². The van der Waals surface area contributed by atoms with Gasteiger partial charge >= 0.3 is 6.36 Å². The van der Waals surface area contributed by atoms with Crippen LogP contribution in [-0.2, 0) is 11.2 Å². The molecule has 3 N–H and O–H groups in total. The van der Waals surface area contributed by atoms with Crippen LogP contribution in [0.25, 0.3) is 10.9 Å². The van der Waals surface area contributed by atoms with Crippen LogP contribution in [0, 0.1) is 18.6 Å². The van der Waals surface area contributed by atoms with Crippen LogP contribution in [0.4, 0.5) is 22.0 Å². The van der Waals surface area contributed by atoms with Crippen LogP contribution in [0.2, 0.25) is 0 Å². The van der Waals surface area contributed by atoms with E-state index in [9.17, 15) is 36.6 Å². The van der Waals surface area contributed by atoms with Gasteiger partial charge in [-0.3, -0.25) is 14.2 Å². The first-order valence-electron chi connectivity index (χ1n) is 9.43. The molecule has 1 heterocycles. The number of rotatable bonds is 6. The van der Waals surface area contributed by atoms with Gasteiger partial charge in [0.1, 0.15) is 5.75 Å². The number of carbonyl (C=O) groups excluding carboxylic acids is 2. The quantitative estimate of drug-likeness (QED) is 0.479. The maximum atomic E-state index is 14.8.